The molecule has 0 aliphatic heterocycles. The van der Waals surface area contributed by atoms with E-state index >= 15 is 0 Å². The highest BCUT2D eigenvalue weighted by atomic mass is 79.9. The number of aromatic nitrogens is 2. The zero-order chi connectivity index (χ0) is 14.0. The zero-order valence-corrected chi connectivity index (χ0v) is 13.6. The summed E-state index contributed by atoms with van der Waals surface area (Å²) >= 11 is 9.79. The van der Waals surface area contributed by atoms with Crippen molar-refractivity contribution in [3.05, 3.63) is 50.2 Å². The Morgan fingerprint density at radius 2 is 2.11 bits per heavy atom. The molecule has 0 atom stereocenters. The van der Waals surface area contributed by atoms with Crippen molar-refractivity contribution in [2.24, 2.45) is 0 Å². The second-order valence-electron chi connectivity index (χ2n) is 4.60. The Hall–Kier alpha value is -0.840. The third-order valence-corrected chi connectivity index (χ3v) is 4.40. The van der Waals surface area contributed by atoms with E-state index in [-0.39, 0.29) is 0 Å². The number of rotatable bonds is 4. The monoisotopic (exact) mass is 341 g/mol. The van der Waals surface area contributed by atoms with Crippen molar-refractivity contribution in [2.75, 3.05) is 7.05 Å². The van der Waals surface area contributed by atoms with E-state index in [1.54, 1.807) is 0 Å². The molecule has 2 aromatic rings. The first-order chi connectivity index (χ1) is 9.02. The van der Waals surface area contributed by atoms with E-state index in [9.17, 15) is 0 Å². The van der Waals surface area contributed by atoms with Gasteiger partial charge in [-0.3, -0.25) is 4.68 Å². The van der Waals surface area contributed by atoms with E-state index < -0.39 is 0 Å². The Labute approximate surface area is 127 Å². The van der Waals surface area contributed by atoms with Crippen molar-refractivity contribution >= 4 is 27.5 Å². The lowest BCUT2D eigenvalue weighted by Gasteiger charge is -2.09. The van der Waals surface area contributed by atoms with Gasteiger partial charge in [-0.15, -0.1) is 0 Å². The van der Waals surface area contributed by atoms with E-state index in [2.05, 4.69) is 44.5 Å². The number of nitrogens with zero attached hydrogens (tertiary/aromatic N) is 2. The van der Waals surface area contributed by atoms with E-state index in [1.807, 2.05) is 25.6 Å². The maximum atomic E-state index is 6.17. The minimum Gasteiger partial charge on any atom is -0.316 e. The molecule has 0 aliphatic rings. The summed E-state index contributed by atoms with van der Waals surface area (Å²) in [5.41, 5.74) is 4.33. The van der Waals surface area contributed by atoms with E-state index in [1.165, 1.54) is 11.1 Å². The van der Waals surface area contributed by atoms with Crippen LogP contribution >= 0.6 is 27.5 Å². The molecule has 0 unspecified atom stereocenters. The fourth-order valence-corrected chi connectivity index (χ4v) is 2.71. The molecule has 0 bridgehead atoms. The fourth-order valence-electron chi connectivity index (χ4n) is 2.02. The number of hydrogen-bond acceptors (Lipinski definition) is 2. The standard InChI is InChI=1S/C14H17BrClN3/c1-9-14(16)10(2)19(18-9)8-12-5-4-11(7-17-3)6-13(12)15/h4-6,17H,7-8H2,1-3H3. The first kappa shape index (κ1) is 14.6. The van der Waals surface area contributed by atoms with Crippen LogP contribution in [0.2, 0.25) is 5.02 Å². The van der Waals surface area contributed by atoms with E-state index in [0.29, 0.717) is 0 Å². The number of nitrogens with one attached hydrogen (secondary N) is 1. The van der Waals surface area contributed by atoms with Gasteiger partial charge in [0.2, 0.25) is 0 Å². The number of hydrogen-bond donors (Lipinski definition) is 1. The highest BCUT2D eigenvalue weighted by Gasteiger charge is 2.10. The van der Waals surface area contributed by atoms with Gasteiger partial charge >= 0.3 is 0 Å². The summed E-state index contributed by atoms with van der Waals surface area (Å²) in [5, 5.41) is 8.35. The van der Waals surface area contributed by atoms with Crippen LogP contribution in [0.4, 0.5) is 0 Å². The molecule has 1 heterocycles. The summed E-state index contributed by atoms with van der Waals surface area (Å²) in [6.45, 7) is 5.51. The number of benzene rings is 1. The summed E-state index contributed by atoms with van der Waals surface area (Å²) < 4.78 is 3.04. The first-order valence-corrected chi connectivity index (χ1v) is 7.31. The Balaban J connectivity index is 2.26. The molecule has 0 saturated heterocycles. The Kier molecular flexibility index (Phi) is 4.66. The predicted molar refractivity (Wildman–Crippen MR) is 82.7 cm³/mol. The van der Waals surface area contributed by atoms with Crippen molar-refractivity contribution in [2.45, 2.75) is 26.9 Å². The number of halogens is 2. The fraction of sp³-hybridized carbons (Fsp3) is 0.357. The molecule has 2 rings (SSSR count). The maximum absolute atomic E-state index is 6.17. The molecule has 5 heteroatoms. The van der Waals surface area contributed by atoms with Gasteiger partial charge in [0.05, 0.1) is 23.0 Å². The van der Waals surface area contributed by atoms with Crippen molar-refractivity contribution in [1.29, 1.82) is 0 Å². The normalized spacial score (nSPS) is 11.0. The Morgan fingerprint density at radius 1 is 1.37 bits per heavy atom. The summed E-state index contributed by atoms with van der Waals surface area (Å²) in [4.78, 5) is 0. The van der Waals surface area contributed by atoms with Gasteiger partial charge < -0.3 is 5.32 Å². The first-order valence-electron chi connectivity index (χ1n) is 6.14. The maximum Gasteiger partial charge on any atom is 0.0844 e. The SMILES string of the molecule is CNCc1ccc(Cn2nc(C)c(Cl)c2C)c(Br)c1. The lowest BCUT2D eigenvalue weighted by molar-refractivity contribution is 0.657. The number of aryl methyl sites for hydroxylation is 1. The van der Waals surface area contributed by atoms with Crippen molar-refractivity contribution in [1.82, 2.24) is 15.1 Å². The van der Waals surface area contributed by atoms with Crippen LogP contribution < -0.4 is 5.32 Å². The highest BCUT2D eigenvalue weighted by molar-refractivity contribution is 9.10. The van der Waals surface area contributed by atoms with Crippen molar-refractivity contribution in [3.63, 3.8) is 0 Å². The average Bonchev–Trinajstić information content (AvgIpc) is 2.61. The van der Waals surface area contributed by atoms with Crippen LogP contribution in [0.25, 0.3) is 0 Å². The van der Waals surface area contributed by atoms with Crippen molar-refractivity contribution in [3.8, 4) is 0 Å². The summed E-state index contributed by atoms with van der Waals surface area (Å²) in [7, 11) is 1.94. The zero-order valence-electron chi connectivity index (χ0n) is 11.3. The summed E-state index contributed by atoms with van der Waals surface area (Å²) in [5.74, 6) is 0. The second-order valence-corrected chi connectivity index (χ2v) is 5.83. The highest BCUT2D eigenvalue weighted by Crippen LogP contribution is 2.23. The van der Waals surface area contributed by atoms with Crippen LogP contribution in [0, 0.1) is 13.8 Å². The van der Waals surface area contributed by atoms with Gasteiger partial charge in [-0.25, -0.2) is 0 Å². The van der Waals surface area contributed by atoms with Crippen LogP contribution in [0.5, 0.6) is 0 Å². The van der Waals surface area contributed by atoms with Crippen molar-refractivity contribution < 1.29 is 0 Å². The van der Waals surface area contributed by atoms with Crippen LogP contribution in [0.15, 0.2) is 22.7 Å². The molecule has 0 saturated carbocycles. The molecule has 0 fully saturated rings. The molecule has 1 aromatic heterocycles. The molecular formula is C14H17BrClN3. The van der Waals surface area contributed by atoms with E-state index in [0.717, 1.165) is 34.0 Å². The average molecular weight is 343 g/mol. The third-order valence-electron chi connectivity index (χ3n) is 3.11. The van der Waals surface area contributed by atoms with Gasteiger partial charge in [-0.2, -0.15) is 5.10 Å². The third kappa shape index (κ3) is 3.19. The lowest BCUT2D eigenvalue weighted by atomic mass is 10.1. The van der Waals surface area contributed by atoms with Gasteiger partial charge in [0, 0.05) is 11.0 Å². The van der Waals surface area contributed by atoms with Crippen LogP contribution in [0.3, 0.4) is 0 Å². The Bertz CT molecular complexity index is 593. The summed E-state index contributed by atoms with van der Waals surface area (Å²) in [6.07, 6.45) is 0. The Morgan fingerprint density at radius 3 is 2.63 bits per heavy atom. The van der Waals surface area contributed by atoms with E-state index in [4.69, 9.17) is 11.6 Å². The molecule has 0 spiro atoms. The van der Waals surface area contributed by atoms with Gasteiger partial charge in [-0.05, 0) is 38.1 Å². The minimum atomic E-state index is 0.722. The molecule has 3 nitrogen and oxygen atoms in total. The molecule has 0 aliphatic carbocycles. The largest absolute Gasteiger partial charge is 0.316 e. The topological polar surface area (TPSA) is 29.9 Å². The molecule has 1 N–H and O–H groups in total. The molecule has 1 aromatic carbocycles. The van der Waals surface area contributed by atoms with Crippen LogP contribution in [-0.2, 0) is 13.1 Å². The molecular weight excluding hydrogens is 326 g/mol. The van der Waals surface area contributed by atoms with Gasteiger partial charge in [-0.1, -0.05) is 39.7 Å². The minimum absolute atomic E-state index is 0.722. The second kappa shape index (κ2) is 6.07. The lowest BCUT2D eigenvalue weighted by Crippen LogP contribution is -2.07. The van der Waals surface area contributed by atoms with Gasteiger partial charge in [0.15, 0.2) is 0 Å². The molecule has 0 radical (unpaired) electrons. The van der Waals surface area contributed by atoms with Gasteiger partial charge in [0.25, 0.3) is 0 Å². The molecule has 102 valence electrons. The molecule has 0 amide bonds. The predicted octanol–water partition coefficient (Wildman–Crippen LogP) is 3.68. The molecule has 19 heavy (non-hydrogen) atoms. The van der Waals surface area contributed by atoms with Crippen LogP contribution in [0.1, 0.15) is 22.5 Å². The van der Waals surface area contributed by atoms with Gasteiger partial charge in [0.1, 0.15) is 0 Å². The quantitative estimate of drug-likeness (QED) is 0.918. The van der Waals surface area contributed by atoms with Crippen LogP contribution in [-0.4, -0.2) is 16.8 Å². The summed E-state index contributed by atoms with van der Waals surface area (Å²) in [6, 6.07) is 6.39. The smallest absolute Gasteiger partial charge is 0.0844 e.